The predicted molar refractivity (Wildman–Crippen MR) is 63.6 cm³/mol. The van der Waals surface area contributed by atoms with E-state index in [1.54, 1.807) is 11.8 Å². The van der Waals surface area contributed by atoms with Crippen molar-refractivity contribution in [2.45, 2.75) is 10.6 Å². The fourth-order valence-corrected chi connectivity index (χ4v) is 2.26. The second-order valence-electron chi connectivity index (χ2n) is 3.32. The Kier molecular flexibility index (Phi) is 2.97. The van der Waals surface area contributed by atoms with Gasteiger partial charge in [0.25, 0.3) is 0 Å². The molecule has 0 atom stereocenters. The van der Waals surface area contributed by atoms with Crippen LogP contribution in [0, 0.1) is 0 Å². The van der Waals surface area contributed by atoms with E-state index in [0.29, 0.717) is 0 Å². The molecule has 0 spiro atoms. The molecule has 1 aromatic heterocycles. The lowest BCUT2D eigenvalue weighted by Gasteiger charge is -2.02. The Balaban J connectivity index is 2.02. The number of nitrogens with two attached hydrogens (primary N) is 1. The van der Waals surface area contributed by atoms with Crippen LogP contribution in [0.2, 0.25) is 0 Å². The van der Waals surface area contributed by atoms with Crippen LogP contribution in [-0.4, -0.2) is 9.55 Å². The van der Waals surface area contributed by atoms with Crippen molar-refractivity contribution in [1.82, 2.24) is 9.55 Å². The number of rotatable bonds is 3. The van der Waals surface area contributed by atoms with Crippen molar-refractivity contribution in [1.29, 1.82) is 0 Å². The fraction of sp³-hybridized carbons (Fsp3) is 0.182. The van der Waals surface area contributed by atoms with Gasteiger partial charge in [-0.1, -0.05) is 6.07 Å². The molecule has 0 unspecified atom stereocenters. The largest absolute Gasteiger partial charge is 0.399 e. The standard InChI is InChI=1S/C11H13N3S/c1-14-6-5-13-11(14)8-15-10-4-2-3-9(12)7-10/h2-7H,8,12H2,1H3. The average Bonchev–Trinajstić information content (AvgIpc) is 2.61. The summed E-state index contributed by atoms with van der Waals surface area (Å²) >= 11 is 1.74. The van der Waals surface area contributed by atoms with E-state index in [9.17, 15) is 0 Å². The summed E-state index contributed by atoms with van der Waals surface area (Å²) in [7, 11) is 2.00. The van der Waals surface area contributed by atoms with E-state index >= 15 is 0 Å². The molecule has 0 aliphatic rings. The van der Waals surface area contributed by atoms with Gasteiger partial charge in [-0.3, -0.25) is 0 Å². The van der Waals surface area contributed by atoms with Crippen molar-refractivity contribution in [3.63, 3.8) is 0 Å². The van der Waals surface area contributed by atoms with Gasteiger partial charge in [-0.05, 0) is 18.2 Å². The molecular formula is C11H13N3S. The number of thioether (sulfide) groups is 1. The van der Waals surface area contributed by atoms with Gasteiger partial charge >= 0.3 is 0 Å². The first-order valence-electron chi connectivity index (χ1n) is 4.70. The van der Waals surface area contributed by atoms with Gasteiger partial charge < -0.3 is 10.3 Å². The Hall–Kier alpha value is -1.42. The molecule has 0 fully saturated rings. The van der Waals surface area contributed by atoms with Crippen molar-refractivity contribution in [2.24, 2.45) is 7.05 Å². The normalized spacial score (nSPS) is 10.5. The minimum Gasteiger partial charge on any atom is -0.399 e. The van der Waals surface area contributed by atoms with Crippen LogP contribution in [-0.2, 0) is 12.8 Å². The minimum atomic E-state index is 0.805. The highest BCUT2D eigenvalue weighted by Gasteiger charge is 2.00. The first kappa shape index (κ1) is 10.1. The highest BCUT2D eigenvalue weighted by Crippen LogP contribution is 2.23. The van der Waals surface area contributed by atoms with Gasteiger partial charge in [0.15, 0.2) is 0 Å². The molecule has 2 N–H and O–H groups in total. The molecule has 4 heteroatoms. The molecule has 2 rings (SSSR count). The fourth-order valence-electron chi connectivity index (χ4n) is 1.29. The van der Waals surface area contributed by atoms with Crippen molar-refractivity contribution in [3.05, 3.63) is 42.5 Å². The Labute approximate surface area is 93.3 Å². The first-order valence-corrected chi connectivity index (χ1v) is 5.69. The van der Waals surface area contributed by atoms with E-state index in [4.69, 9.17) is 5.73 Å². The second kappa shape index (κ2) is 4.40. The van der Waals surface area contributed by atoms with E-state index in [-0.39, 0.29) is 0 Å². The lowest BCUT2D eigenvalue weighted by atomic mass is 10.3. The number of nitrogens with zero attached hydrogens (tertiary/aromatic N) is 2. The summed E-state index contributed by atoms with van der Waals surface area (Å²) in [4.78, 5) is 5.44. The smallest absolute Gasteiger partial charge is 0.118 e. The van der Waals surface area contributed by atoms with Crippen LogP contribution in [0.5, 0.6) is 0 Å². The number of aryl methyl sites for hydroxylation is 1. The van der Waals surface area contributed by atoms with Crippen molar-refractivity contribution >= 4 is 17.4 Å². The Bertz CT molecular complexity index is 451. The maximum absolute atomic E-state index is 5.70. The monoisotopic (exact) mass is 219 g/mol. The van der Waals surface area contributed by atoms with Gasteiger partial charge in [0.1, 0.15) is 5.82 Å². The molecule has 3 nitrogen and oxygen atoms in total. The molecule has 0 saturated carbocycles. The molecule has 0 aliphatic carbocycles. The number of hydrogen-bond acceptors (Lipinski definition) is 3. The summed E-state index contributed by atoms with van der Waals surface area (Å²) in [6.07, 6.45) is 3.77. The van der Waals surface area contributed by atoms with E-state index in [2.05, 4.69) is 11.1 Å². The maximum Gasteiger partial charge on any atom is 0.118 e. The SMILES string of the molecule is Cn1ccnc1CSc1cccc(N)c1. The van der Waals surface area contributed by atoms with Gasteiger partial charge in [0, 0.05) is 30.0 Å². The Morgan fingerprint density at radius 1 is 1.47 bits per heavy atom. The molecular weight excluding hydrogens is 206 g/mol. The molecule has 1 aromatic carbocycles. The zero-order chi connectivity index (χ0) is 10.7. The summed E-state index contributed by atoms with van der Waals surface area (Å²) in [6.45, 7) is 0. The number of imidazole rings is 1. The van der Waals surface area contributed by atoms with Crippen LogP contribution < -0.4 is 5.73 Å². The van der Waals surface area contributed by atoms with Gasteiger partial charge in [-0.15, -0.1) is 11.8 Å². The number of nitrogen functional groups attached to an aromatic ring is 1. The molecule has 1 heterocycles. The average molecular weight is 219 g/mol. The minimum absolute atomic E-state index is 0.805. The van der Waals surface area contributed by atoms with E-state index in [1.165, 1.54) is 4.90 Å². The molecule has 0 aliphatic heterocycles. The van der Waals surface area contributed by atoms with Crippen LogP contribution in [0.25, 0.3) is 0 Å². The highest BCUT2D eigenvalue weighted by molar-refractivity contribution is 7.98. The Morgan fingerprint density at radius 3 is 3.00 bits per heavy atom. The van der Waals surface area contributed by atoms with Gasteiger partial charge in [0.2, 0.25) is 0 Å². The van der Waals surface area contributed by atoms with Crippen molar-refractivity contribution in [3.8, 4) is 0 Å². The van der Waals surface area contributed by atoms with Crippen LogP contribution in [0.15, 0.2) is 41.6 Å². The summed E-state index contributed by atoms with van der Waals surface area (Å²) in [5.41, 5.74) is 6.51. The van der Waals surface area contributed by atoms with Gasteiger partial charge in [0.05, 0.1) is 5.75 Å². The lowest BCUT2D eigenvalue weighted by molar-refractivity contribution is 0.849. The number of benzene rings is 1. The third-order valence-electron chi connectivity index (χ3n) is 2.15. The van der Waals surface area contributed by atoms with E-state index in [0.717, 1.165) is 17.3 Å². The quantitative estimate of drug-likeness (QED) is 0.636. The Morgan fingerprint density at radius 2 is 2.33 bits per heavy atom. The van der Waals surface area contributed by atoms with Crippen LogP contribution in [0.1, 0.15) is 5.82 Å². The molecule has 0 bridgehead atoms. The summed E-state index contributed by atoms with van der Waals surface area (Å²) in [5, 5.41) is 0. The summed E-state index contributed by atoms with van der Waals surface area (Å²) < 4.78 is 2.03. The molecule has 0 saturated heterocycles. The van der Waals surface area contributed by atoms with Gasteiger partial charge in [-0.25, -0.2) is 4.98 Å². The predicted octanol–water partition coefficient (Wildman–Crippen LogP) is 2.29. The number of aromatic nitrogens is 2. The molecule has 2 aromatic rings. The van der Waals surface area contributed by atoms with Gasteiger partial charge in [-0.2, -0.15) is 0 Å². The molecule has 78 valence electrons. The third kappa shape index (κ3) is 2.53. The summed E-state index contributed by atoms with van der Waals surface area (Å²) in [6, 6.07) is 7.90. The highest BCUT2D eigenvalue weighted by atomic mass is 32.2. The second-order valence-corrected chi connectivity index (χ2v) is 4.36. The maximum atomic E-state index is 5.70. The summed E-state index contributed by atoms with van der Waals surface area (Å²) in [5.74, 6) is 1.94. The van der Waals surface area contributed by atoms with Crippen molar-refractivity contribution in [2.75, 3.05) is 5.73 Å². The van der Waals surface area contributed by atoms with Crippen LogP contribution in [0.4, 0.5) is 5.69 Å². The molecule has 0 radical (unpaired) electrons. The van der Waals surface area contributed by atoms with E-state index < -0.39 is 0 Å². The lowest BCUT2D eigenvalue weighted by Crippen LogP contribution is -1.94. The molecule has 15 heavy (non-hydrogen) atoms. The number of anilines is 1. The number of hydrogen-bond donors (Lipinski definition) is 1. The molecule has 0 amide bonds. The van der Waals surface area contributed by atoms with E-state index in [1.807, 2.05) is 42.2 Å². The van der Waals surface area contributed by atoms with Crippen LogP contribution in [0.3, 0.4) is 0 Å². The van der Waals surface area contributed by atoms with Crippen LogP contribution >= 0.6 is 11.8 Å². The van der Waals surface area contributed by atoms with Crippen molar-refractivity contribution < 1.29 is 0 Å². The zero-order valence-corrected chi connectivity index (χ0v) is 9.37. The third-order valence-corrected chi connectivity index (χ3v) is 3.14. The first-order chi connectivity index (χ1) is 7.25. The topological polar surface area (TPSA) is 43.8 Å². The zero-order valence-electron chi connectivity index (χ0n) is 8.55.